The van der Waals surface area contributed by atoms with Crippen LogP contribution in [0.3, 0.4) is 0 Å². The lowest BCUT2D eigenvalue weighted by Crippen LogP contribution is -2.34. The van der Waals surface area contributed by atoms with Gasteiger partial charge in [0.05, 0.1) is 35.9 Å². The van der Waals surface area contributed by atoms with Crippen molar-refractivity contribution in [2.75, 3.05) is 26.9 Å². The van der Waals surface area contributed by atoms with Crippen LogP contribution < -0.4 is 0 Å². The molecule has 7 nitrogen and oxygen atoms in total. The van der Waals surface area contributed by atoms with Crippen molar-refractivity contribution in [3.63, 3.8) is 0 Å². The Morgan fingerprint density at radius 1 is 1.19 bits per heavy atom. The fraction of sp³-hybridized carbons (Fsp3) is 0.333. The van der Waals surface area contributed by atoms with Crippen LogP contribution in [0.4, 0.5) is 0 Å². The molecule has 1 heterocycles. The van der Waals surface area contributed by atoms with Crippen LogP contribution in [0, 0.1) is 0 Å². The second-order valence-electron chi connectivity index (χ2n) is 5.40. The Balaban J connectivity index is 2.33. The molecule has 8 heteroatoms. The van der Waals surface area contributed by atoms with Crippen molar-refractivity contribution in [2.45, 2.75) is 18.4 Å². The molecule has 0 N–H and O–H groups in total. The SMILES string of the molecule is CCOC(=O)c1cccc(S(=O)(=O)N(CCOC)Cc2ccccn2)c1. The molecule has 0 fully saturated rings. The van der Waals surface area contributed by atoms with Gasteiger partial charge in [0.25, 0.3) is 0 Å². The Bertz CT molecular complexity index is 824. The van der Waals surface area contributed by atoms with E-state index < -0.39 is 16.0 Å². The Hall–Kier alpha value is -2.29. The number of methoxy groups -OCH3 is 1. The Labute approximate surface area is 153 Å². The summed E-state index contributed by atoms with van der Waals surface area (Å²) in [6, 6.07) is 11.1. The lowest BCUT2D eigenvalue weighted by molar-refractivity contribution is 0.0526. The zero-order chi connectivity index (χ0) is 19.0. The minimum Gasteiger partial charge on any atom is -0.462 e. The molecular formula is C18H22N2O5S. The first kappa shape index (κ1) is 20.0. The summed E-state index contributed by atoms with van der Waals surface area (Å²) in [5, 5.41) is 0. The Morgan fingerprint density at radius 2 is 2.00 bits per heavy atom. The van der Waals surface area contributed by atoms with Crippen molar-refractivity contribution in [2.24, 2.45) is 0 Å². The predicted molar refractivity (Wildman–Crippen MR) is 96.1 cm³/mol. The molecule has 26 heavy (non-hydrogen) atoms. The van der Waals surface area contributed by atoms with E-state index in [0.29, 0.717) is 5.69 Å². The molecule has 0 aliphatic carbocycles. The number of esters is 1. The predicted octanol–water partition coefficient (Wildman–Crippen LogP) is 2.10. The van der Waals surface area contributed by atoms with E-state index in [0.717, 1.165) is 0 Å². The van der Waals surface area contributed by atoms with E-state index in [4.69, 9.17) is 9.47 Å². The summed E-state index contributed by atoms with van der Waals surface area (Å²) < 4.78 is 37.4. The van der Waals surface area contributed by atoms with Crippen LogP contribution in [-0.4, -0.2) is 50.5 Å². The molecule has 2 rings (SSSR count). The van der Waals surface area contributed by atoms with Gasteiger partial charge in [-0.15, -0.1) is 0 Å². The maximum Gasteiger partial charge on any atom is 0.338 e. The highest BCUT2D eigenvalue weighted by Crippen LogP contribution is 2.19. The molecule has 140 valence electrons. The summed E-state index contributed by atoms with van der Waals surface area (Å²) in [5.41, 5.74) is 0.811. The third kappa shape index (κ3) is 5.10. The number of carbonyl (C=O) groups is 1. The fourth-order valence-electron chi connectivity index (χ4n) is 2.30. The van der Waals surface area contributed by atoms with Gasteiger partial charge in [0.15, 0.2) is 0 Å². The molecule has 2 aromatic rings. The zero-order valence-electron chi connectivity index (χ0n) is 14.8. The first-order valence-corrected chi connectivity index (χ1v) is 9.59. The normalized spacial score (nSPS) is 11.5. The van der Waals surface area contributed by atoms with Crippen LogP contribution in [0.2, 0.25) is 0 Å². The summed E-state index contributed by atoms with van der Waals surface area (Å²) in [4.78, 5) is 16.1. The number of hydrogen-bond acceptors (Lipinski definition) is 6. The first-order chi connectivity index (χ1) is 12.5. The largest absolute Gasteiger partial charge is 0.462 e. The Morgan fingerprint density at radius 3 is 2.65 bits per heavy atom. The summed E-state index contributed by atoms with van der Waals surface area (Å²) in [7, 11) is -2.33. The molecule has 0 spiro atoms. The maximum atomic E-state index is 13.1. The summed E-state index contributed by atoms with van der Waals surface area (Å²) >= 11 is 0. The number of pyridine rings is 1. The van der Waals surface area contributed by atoms with Gasteiger partial charge in [0.1, 0.15) is 0 Å². The van der Waals surface area contributed by atoms with Crippen LogP contribution in [0.15, 0.2) is 53.6 Å². The average molecular weight is 378 g/mol. The van der Waals surface area contributed by atoms with Crippen LogP contribution in [0.5, 0.6) is 0 Å². The molecule has 0 saturated heterocycles. The monoisotopic (exact) mass is 378 g/mol. The summed E-state index contributed by atoms with van der Waals surface area (Å²) in [6.07, 6.45) is 1.61. The molecule has 0 radical (unpaired) electrons. The van der Waals surface area contributed by atoms with Crippen molar-refractivity contribution in [1.82, 2.24) is 9.29 Å². The standard InChI is InChI=1S/C18H22N2O5S/c1-3-25-18(21)15-7-6-9-17(13-15)26(22,23)20(11-12-24-2)14-16-8-4-5-10-19-16/h4-10,13H,3,11-12,14H2,1-2H3. The fourth-order valence-corrected chi connectivity index (χ4v) is 3.74. The zero-order valence-corrected chi connectivity index (χ0v) is 15.6. The van der Waals surface area contributed by atoms with Crippen LogP contribution >= 0.6 is 0 Å². The van der Waals surface area contributed by atoms with E-state index in [-0.39, 0.29) is 36.8 Å². The average Bonchev–Trinajstić information content (AvgIpc) is 2.66. The van der Waals surface area contributed by atoms with Crippen LogP contribution in [-0.2, 0) is 26.0 Å². The van der Waals surface area contributed by atoms with Gasteiger partial charge >= 0.3 is 5.97 Å². The molecular weight excluding hydrogens is 356 g/mol. The lowest BCUT2D eigenvalue weighted by atomic mass is 10.2. The first-order valence-electron chi connectivity index (χ1n) is 8.15. The van der Waals surface area contributed by atoms with Crippen molar-refractivity contribution < 1.29 is 22.7 Å². The number of carbonyl (C=O) groups excluding carboxylic acids is 1. The molecule has 0 aliphatic rings. The van der Waals surface area contributed by atoms with E-state index in [2.05, 4.69) is 4.98 Å². The highest BCUT2D eigenvalue weighted by molar-refractivity contribution is 7.89. The van der Waals surface area contributed by atoms with Crippen LogP contribution in [0.1, 0.15) is 23.0 Å². The Kier molecular flexibility index (Phi) is 7.26. The van der Waals surface area contributed by atoms with Crippen LogP contribution in [0.25, 0.3) is 0 Å². The molecule has 0 bridgehead atoms. The summed E-state index contributed by atoms with van der Waals surface area (Å²) in [5.74, 6) is -0.558. The number of nitrogens with zero attached hydrogens (tertiary/aromatic N) is 2. The highest BCUT2D eigenvalue weighted by Gasteiger charge is 2.26. The third-order valence-corrected chi connectivity index (χ3v) is 5.43. The number of rotatable bonds is 9. The number of ether oxygens (including phenoxy) is 2. The van der Waals surface area contributed by atoms with Gasteiger partial charge in [-0.05, 0) is 37.3 Å². The van der Waals surface area contributed by atoms with Gasteiger partial charge in [-0.25, -0.2) is 13.2 Å². The quantitative estimate of drug-likeness (QED) is 0.621. The molecule has 1 aromatic heterocycles. The van der Waals surface area contributed by atoms with E-state index in [1.807, 2.05) is 0 Å². The van der Waals surface area contributed by atoms with Gasteiger partial charge in [-0.1, -0.05) is 12.1 Å². The van der Waals surface area contributed by atoms with Crippen molar-refractivity contribution >= 4 is 16.0 Å². The van der Waals surface area contributed by atoms with E-state index in [9.17, 15) is 13.2 Å². The molecule has 1 aromatic carbocycles. The third-order valence-electron chi connectivity index (χ3n) is 3.59. The lowest BCUT2D eigenvalue weighted by Gasteiger charge is -2.22. The number of aromatic nitrogens is 1. The molecule has 0 atom stereocenters. The molecule has 0 saturated carbocycles. The minimum absolute atomic E-state index is 0.0232. The van der Waals surface area contributed by atoms with Gasteiger partial charge in [0.2, 0.25) is 10.0 Å². The van der Waals surface area contributed by atoms with Crippen molar-refractivity contribution in [1.29, 1.82) is 0 Å². The topological polar surface area (TPSA) is 85.8 Å². The number of hydrogen-bond donors (Lipinski definition) is 0. The molecule has 0 amide bonds. The van der Waals surface area contributed by atoms with Gasteiger partial charge in [-0.2, -0.15) is 4.31 Å². The summed E-state index contributed by atoms with van der Waals surface area (Å²) in [6.45, 7) is 2.42. The van der Waals surface area contributed by atoms with E-state index in [1.54, 1.807) is 31.3 Å². The highest BCUT2D eigenvalue weighted by atomic mass is 32.2. The van der Waals surface area contributed by atoms with Crippen molar-refractivity contribution in [3.8, 4) is 0 Å². The van der Waals surface area contributed by atoms with Gasteiger partial charge in [0, 0.05) is 19.9 Å². The molecule has 0 aliphatic heterocycles. The second-order valence-corrected chi connectivity index (χ2v) is 7.34. The van der Waals surface area contributed by atoms with Gasteiger partial charge in [-0.3, -0.25) is 4.98 Å². The maximum absolute atomic E-state index is 13.1. The smallest absolute Gasteiger partial charge is 0.338 e. The second kappa shape index (κ2) is 9.42. The number of benzene rings is 1. The van der Waals surface area contributed by atoms with E-state index in [1.165, 1.54) is 35.7 Å². The number of sulfonamides is 1. The minimum atomic E-state index is -3.84. The van der Waals surface area contributed by atoms with E-state index >= 15 is 0 Å². The van der Waals surface area contributed by atoms with Gasteiger partial charge < -0.3 is 9.47 Å². The molecule has 0 unspecified atom stereocenters. The van der Waals surface area contributed by atoms with Crippen molar-refractivity contribution in [3.05, 3.63) is 59.9 Å².